The van der Waals surface area contributed by atoms with Crippen LogP contribution >= 0.6 is 0 Å². The van der Waals surface area contributed by atoms with Crippen molar-refractivity contribution < 1.29 is 14.3 Å². The number of nitrogens with zero attached hydrogens (tertiary/aromatic N) is 1. The second-order valence-corrected chi connectivity index (χ2v) is 7.73. The first kappa shape index (κ1) is 19.7. The molecule has 1 aliphatic carbocycles. The quantitative estimate of drug-likeness (QED) is 0.636. The van der Waals surface area contributed by atoms with Crippen molar-refractivity contribution >= 4 is 17.6 Å². The average molecular weight is 379 g/mol. The van der Waals surface area contributed by atoms with Crippen molar-refractivity contribution in [3.8, 4) is 0 Å². The molecule has 1 aliphatic rings. The summed E-state index contributed by atoms with van der Waals surface area (Å²) in [6, 6.07) is 8.79. The highest BCUT2D eigenvalue weighted by Gasteiger charge is 2.27. The summed E-state index contributed by atoms with van der Waals surface area (Å²) in [5.41, 5.74) is 4.34. The maximum Gasteiger partial charge on any atom is 0.335 e. The number of benzene rings is 2. The maximum absolute atomic E-state index is 14.1. The number of halogens is 1. The molecule has 0 amide bonds. The Bertz CT molecular complexity index is 1000. The van der Waals surface area contributed by atoms with Crippen LogP contribution in [0, 0.1) is 10.7 Å². The first-order valence-electron chi connectivity index (χ1n) is 9.08. The summed E-state index contributed by atoms with van der Waals surface area (Å²) in [4.78, 5) is 22.4. The van der Waals surface area contributed by atoms with E-state index in [9.17, 15) is 14.1 Å². The number of nitroso groups, excluding NO2 is 1. The Morgan fingerprint density at radius 3 is 2.64 bits per heavy atom. The lowest BCUT2D eigenvalue weighted by atomic mass is 9.73. The van der Waals surface area contributed by atoms with Gasteiger partial charge in [0.15, 0.2) is 0 Å². The molecule has 0 radical (unpaired) electrons. The summed E-state index contributed by atoms with van der Waals surface area (Å²) in [7, 11) is 0. The molecule has 1 atom stereocenters. The topological polar surface area (TPSA) is 66.7 Å². The molecule has 0 bridgehead atoms. The molecule has 0 fully saturated rings. The third-order valence-corrected chi connectivity index (χ3v) is 5.28. The standard InChI is InChI=1S/C23H22FNO3/c1-14-10-11-23(2,3)19-12-16(6-8-18(14)19)21(25-28)9-7-15-4-5-17(22(26)27)13-20(15)24/h4-10,12-13,21H,11H2,1-3H3,(H,26,27). The molecule has 0 heterocycles. The smallest absolute Gasteiger partial charge is 0.335 e. The molecule has 3 rings (SSSR count). The minimum Gasteiger partial charge on any atom is -0.478 e. The Labute approximate surface area is 163 Å². The van der Waals surface area contributed by atoms with Gasteiger partial charge in [0.2, 0.25) is 0 Å². The van der Waals surface area contributed by atoms with E-state index in [4.69, 9.17) is 5.11 Å². The molecule has 0 aliphatic heterocycles. The van der Waals surface area contributed by atoms with E-state index in [-0.39, 0.29) is 16.5 Å². The fourth-order valence-electron chi connectivity index (χ4n) is 3.48. The zero-order valence-corrected chi connectivity index (χ0v) is 16.1. The van der Waals surface area contributed by atoms with Gasteiger partial charge in [0.1, 0.15) is 11.9 Å². The Morgan fingerprint density at radius 1 is 1.25 bits per heavy atom. The van der Waals surface area contributed by atoms with Crippen LogP contribution < -0.4 is 0 Å². The van der Waals surface area contributed by atoms with Gasteiger partial charge in [0.25, 0.3) is 0 Å². The van der Waals surface area contributed by atoms with Gasteiger partial charge in [-0.3, -0.25) is 0 Å². The predicted molar refractivity (Wildman–Crippen MR) is 109 cm³/mol. The van der Waals surface area contributed by atoms with Gasteiger partial charge < -0.3 is 5.11 Å². The van der Waals surface area contributed by atoms with Crippen molar-refractivity contribution in [1.29, 1.82) is 0 Å². The van der Waals surface area contributed by atoms with Gasteiger partial charge in [0, 0.05) is 5.56 Å². The third kappa shape index (κ3) is 3.79. The summed E-state index contributed by atoms with van der Waals surface area (Å²) >= 11 is 0. The SMILES string of the molecule is CC1=CCC(C)(C)c2cc(C(C=Cc3ccc(C(=O)O)cc3F)N=O)ccc21. The van der Waals surface area contributed by atoms with Gasteiger partial charge in [-0.1, -0.05) is 61.5 Å². The summed E-state index contributed by atoms with van der Waals surface area (Å²) < 4.78 is 14.1. The van der Waals surface area contributed by atoms with Crippen LogP contribution in [-0.4, -0.2) is 11.1 Å². The number of allylic oxidation sites excluding steroid dienone is 2. The third-order valence-electron chi connectivity index (χ3n) is 5.28. The molecular weight excluding hydrogens is 357 g/mol. The number of carboxylic acid groups (broad SMARTS) is 1. The first-order valence-corrected chi connectivity index (χ1v) is 9.08. The van der Waals surface area contributed by atoms with Crippen LogP contribution in [0.5, 0.6) is 0 Å². The van der Waals surface area contributed by atoms with E-state index >= 15 is 0 Å². The molecule has 0 aromatic heterocycles. The number of hydrogen-bond acceptors (Lipinski definition) is 3. The number of carboxylic acids is 1. The van der Waals surface area contributed by atoms with Gasteiger partial charge in [-0.2, -0.15) is 0 Å². The lowest BCUT2D eigenvalue weighted by molar-refractivity contribution is 0.0696. The molecule has 1 unspecified atom stereocenters. The number of hydrogen-bond donors (Lipinski definition) is 1. The summed E-state index contributed by atoms with van der Waals surface area (Å²) in [5.74, 6) is -1.85. The van der Waals surface area contributed by atoms with Gasteiger partial charge in [-0.25, -0.2) is 9.18 Å². The van der Waals surface area contributed by atoms with Crippen LogP contribution in [-0.2, 0) is 5.41 Å². The lowest BCUT2D eigenvalue weighted by Gasteiger charge is -2.32. The molecule has 5 heteroatoms. The van der Waals surface area contributed by atoms with Crippen LogP contribution in [0.1, 0.15) is 65.8 Å². The molecule has 4 nitrogen and oxygen atoms in total. The van der Waals surface area contributed by atoms with Crippen LogP contribution in [0.25, 0.3) is 11.6 Å². The number of fused-ring (bicyclic) bond motifs is 1. The number of carbonyl (C=O) groups is 1. The molecule has 28 heavy (non-hydrogen) atoms. The fraction of sp³-hybridized carbons (Fsp3) is 0.261. The van der Waals surface area contributed by atoms with Gasteiger partial charge in [0.05, 0.1) is 5.56 Å². The Morgan fingerprint density at radius 2 is 2.00 bits per heavy atom. The molecule has 1 N–H and O–H groups in total. The van der Waals surface area contributed by atoms with Gasteiger partial charge in [-0.15, -0.1) is 4.91 Å². The molecule has 0 saturated heterocycles. The average Bonchev–Trinajstić information content (AvgIpc) is 2.66. The van der Waals surface area contributed by atoms with E-state index in [1.165, 1.54) is 41.0 Å². The minimum absolute atomic E-state index is 0.0409. The number of rotatable bonds is 5. The van der Waals surface area contributed by atoms with E-state index in [2.05, 4.69) is 32.0 Å². The van der Waals surface area contributed by atoms with Gasteiger partial charge in [-0.05, 0) is 53.2 Å². The van der Waals surface area contributed by atoms with Gasteiger partial charge >= 0.3 is 5.97 Å². The first-order chi connectivity index (χ1) is 13.2. The Balaban J connectivity index is 1.93. The van der Waals surface area contributed by atoms with Crippen molar-refractivity contribution in [2.45, 2.75) is 38.6 Å². The van der Waals surface area contributed by atoms with Crippen LogP contribution in [0.15, 0.2) is 53.7 Å². The van der Waals surface area contributed by atoms with E-state index in [0.29, 0.717) is 0 Å². The molecule has 0 saturated carbocycles. The van der Waals surface area contributed by atoms with Crippen LogP contribution in [0.2, 0.25) is 0 Å². The Kier molecular flexibility index (Phi) is 5.27. The van der Waals surface area contributed by atoms with Crippen LogP contribution in [0.4, 0.5) is 4.39 Å². The molecule has 0 spiro atoms. The Hall–Kier alpha value is -3.08. The van der Waals surface area contributed by atoms with Crippen molar-refractivity contribution in [1.82, 2.24) is 0 Å². The van der Waals surface area contributed by atoms with Crippen molar-refractivity contribution in [2.75, 3.05) is 0 Å². The fourth-order valence-corrected chi connectivity index (χ4v) is 3.48. The second-order valence-electron chi connectivity index (χ2n) is 7.73. The summed E-state index contributed by atoms with van der Waals surface area (Å²) in [6.45, 7) is 6.40. The molecular formula is C23H22FNO3. The van der Waals surface area contributed by atoms with Crippen molar-refractivity contribution in [2.24, 2.45) is 5.18 Å². The van der Waals surface area contributed by atoms with E-state index < -0.39 is 17.8 Å². The molecule has 2 aromatic carbocycles. The molecule has 2 aromatic rings. The highest BCUT2D eigenvalue weighted by molar-refractivity contribution is 5.87. The lowest BCUT2D eigenvalue weighted by Crippen LogP contribution is -2.21. The zero-order chi connectivity index (χ0) is 20.5. The highest BCUT2D eigenvalue weighted by atomic mass is 19.1. The summed E-state index contributed by atoms with van der Waals surface area (Å²) in [6.07, 6.45) is 6.14. The highest BCUT2D eigenvalue weighted by Crippen LogP contribution is 2.40. The van der Waals surface area contributed by atoms with Crippen molar-refractivity contribution in [3.05, 3.63) is 87.1 Å². The maximum atomic E-state index is 14.1. The summed E-state index contributed by atoms with van der Waals surface area (Å²) in [5, 5.41) is 12.1. The molecule has 144 valence electrons. The largest absolute Gasteiger partial charge is 0.478 e. The normalized spacial score (nSPS) is 16.4. The monoisotopic (exact) mass is 379 g/mol. The minimum atomic E-state index is -1.19. The zero-order valence-electron chi connectivity index (χ0n) is 16.1. The second kappa shape index (κ2) is 7.50. The van der Waals surface area contributed by atoms with E-state index in [1.807, 2.05) is 18.2 Å². The predicted octanol–water partition coefficient (Wildman–Crippen LogP) is 6.13. The van der Waals surface area contributed by atoms with Crippen LogP contribution in [0.3, 0.4) is 0 Å². The number of aromatic carboxylic acids is 1. The van der Waals surface area contributed by atoms with Crippen molar-refractivity contribution in [3.63, 3.8) is 0 Å². The van der Waals surface area contributed by atoms with E-state index in [1.54, 1.807) is 0 Å². The van der Waals surface area contributed by atoms with E-state index in [0.717, 1.165) is 18.1 Å².